The summed E-state index contributed by atoms with van der Waals surface area (Å²) in [6.45, 7) is 2.04. The Morgan fingerprint density at radius 2 is 2.22 bits per heavy atom. The fourth-order valence-corrected chi connectivity index (χ4v) is 2.31. The number of hydrogen-bond acceptors (Lipinski definition) is 3. The van der Waals surface area contributed by atoms with Crippen molar-refractivity contribution in [1.82, 2.24) is 4.98 Å². The smallest absolute Gasteiger partial charge is 0.270 e. The summed E-state index contributed by atoms with van der Waals surface area (Å²) in [7, 11) is 0. The fourth-order valence-electron chi connectivity index (χ4n) is 2.31. The zero-order valence-electron chi connectivity index (χ0n) is 9.84. The van der Waals surface area contributed by atoms with Crippen LogP contribution in [0, 0.1) is 22.0 Å². The fraction of sp³-hybridized carbons (Fsp3) is 0.308. The van der Waals surface area contributed by atoms with Crippen LogP contribution in [0.15, 0.2) is 24.4 Å². The van der Waals surface area contributed by atoms with E-state index in [9.17, 15) is 14.9 Å². The molecule has 5 heteroatoms. The Bertz CT molecular complexity index is 659. The van der Waals surface area contributed by atoms with Crippen molar-refractivity contribution in [2.75, 3.05) is 0 Å². The van der Waals surface area contributed by atoms with Gasteiger partial charge in [0, 0.05) is 40.7 Å². The van der Waals surface area contributed by atoms with Crippen molar-refractivity contribution in [2.24, 2.45) is 11.8 Å². The van der Waals surface area contributed by atoms with Crippen molar-refractivity contribution >= 4 is 22.4 Å². The highest BCUT2D eigenvalue weighted by Gasteiger charge is 2.40. The Morgan fingerprint density at radius 1 is 1.50 bits per heavy atom. The van der Waals surface area contributed by atoms with E-state index in [4.69, 9.17) is 0 Å². The Balaban J connectivity index is 2.09. The molecular weight excluding hydrogens is 232 g/mol. The first-order valence-electron chi connectivity index (χ1n) is 5.87. The van der Waals surface area contributed by atoms with Gasteiger partial charge in [-0.05, 0) is 18.4 Å². The summed E-state index contributed by atoms with van der Waals surface area (Å²) in [5.74, 6) is 0.610. The van der Waals surface area contributed by atoms with E-state index < -0.39 is 4.92 Å². The van der Waals surface area contributed by atoms with E-state index in [1.807, 2.05) is 6.92 Å². The largest absolute Gasteiger partial charge is 0.360 e. The zero-order valence-corrected chi connectivity index (χ0v) is 9.84. The average Bonchev–Trinajstić information content (AvgIpc) is 2.92. The standard InChI is InChI=1S/C13H12N2O3/c1-7-4-9(7)13(16)11-6-14-12-3-2-8(15(17)18)5-10(11)12/h2-3,5-7,9,14H,4H2,1H3. The molecule has 1 aliphatic carbocycles. The van der Waals surface area contributed by atoms with Gasteiger partial charge in [-0.1, -0.05) is 6.92 Å². The molecule has 0 amide bonds. The Labute approximate surface area is 103 Å². The molecule has 1 aromatic carbocycles. The summed E-state index contributed by atoms with van der Waals surface area (Å²) in [6, 6.07) is 4.54. The topological polar surface area (TPSA) is 76.0 Å². The van der Waals surface area contributed by atoms with E-state index >= 15 is 0 Å². The molecule has 2 aromatic rings. The highest BCUT2D eigenvalue weighted by molar-refractivity contribution is 6.10. The lowest BCUT2D eigenvalue weighted by Crippen LogP contribution is -2.01. The molecule has 0 aliphatic heterocycles. The maximum absolute atomic E-state index is 12.2. The Hall–Kier alpha value is -2.17. The van der Waals surface area contributed by atoms with Crippen LogP contribution in [0.25, 0.3) is 10.9 Å². The second-order valence-electron chi connectivity index (χ2n) is 4.87. The molecule has 0 radical (unpaired) electrons. The number of non-ortho nitro benzene ring substituents is 1. The summed E-state index contributed by atoms with van der Waals surface area (Å²) < 4.78 is 0. The van der Waals surface area contributed by atoms with Crippen LogP contribution in [0.4, 0.5) is 5.69 Å². The summed E-state index contributed by atoms with van der Waals surface area (Å²) in [5.41, 5.74) is 1.35. The van der Waals surface area contributed by atoms with Crippen LogP contribution < -0.4 is 0 Å². The van der Waals surface area contributed by atoms with E-state index in [1.165, 1.54) is 12.1 Å². The minimum Gasteiger partial charge on any atom is -0.360 e. The van der Waals surface area contributed by atoms with E-state index in [0.717, 1.165) is 11.9 Å². The number of nitrogens with zero attached hydrogens (tertiary/aromatic N) is 1. The molecule has 1 aromatic heterocycles. The zero-order chi connectivity index (χ0) is 12.9. The number of fused-ring (bicyclic) bond motifs is 1. The van der Waals surface area contributed by atoms with Crippen LogP contribution >= 0.6 is 0 Å². The van der Waals surface area contributed by atoms with Gasteiger partial charge in [0.15, 0.2) is 5.78 Å². The van der Waals surface area contributed by atoms with Gasteiger partial charge in [0.25, 0.3) is 5.69 Å². The number of benzene rings is 1. The minimum atomic E-state index is -0.444. The van der Waals surface area contributed by atoms with Gasteiger partial charge in [-0.3, -0.25) is 14.9 Å². The normalized spacial score (nSPS) is 22.1. The van der Waals surface area contributed by atoms with Gasteiger partial charge in [0.05, 0.1) is 4.92 Å². The molecule has 2 unspecified atom stereocenters. The van der Waals surface area contributed by atoms with Gasteiger partial charge >= 0.3 is 0 Å². The van der Waals surface area contributed by atoms with Crippen molar-refractivity contribution in [2.45, 2.75) is 13.3 Å². The quantitative estimate of drug-likeness (QED) is 0.512. The van der Waals surface area contributed by atoms with Crippen LogP contribution in [0.2, 0.25) is 0 Å². The van der Waals surface area contributed by atoms with Crippen molar-refractivity contribution in [1.29, 1.82) is 0 Å². The molecule has 0 bridgehead atoms. The summed E-state index contributed by atoms with van der Waals surface area (Å²) >= 11 is 0. The van der Waals surface area contributed by atoms with Gasteiger partial charge in [0.1, 0.15) is 0 Å². The highest BCUT2D eigenvalue weighted by Crippen LogP contribution is 2.41. The van der Waals surface area contributed by atoms with Gasteiger partial charge in [0.2, 0.25) is 0 Å². The second-order valence-corrected chi connectivity index (χ2v) is 4.87. The number of rotatable bonds is 3. The minimum absolute atomic E-state index is 0.0139. The number of nitrogens with one attached hydrogen (secondary N) is 1. The average molecular weight is 244 g/mol. The van der Waals surface area contributed by atoms with Crippen molar-refractivity contribution in [3.63, 3.8) is 0 Å². The molecule has 5 nitrogen and oxygen atoms in total. The lowest BCUT2D eigenvalue weighted by molar-refractivity contribution is -0.384. The molecule has 1 N–H and O–H groups in total. The lowest BCUT2D eigenvalue weighted by Gasteiger charge is -1.97. The summed E-state index contributed by atoms with van der Waals surface area (Å²) in [6.07, 6.45) is 2.57. The summed E-state index contributed by atoms with van der Waals surface area (Å²) in [5, 5.41) is 11.4. The summed E-state index contributed by atoms with van der Waals surface area (Å²) in [4.78, 5) is 25.5. The monoisotopic (exact) mass is 244 g/mol. The van der Waals surface area contributed by atoms with Gasteiger partial charge < -0.3 is 4.98 Å². The molecule has 1 saturated carbocycles. The SMILES string of the molecule is CC1CC1C(=O)c1c[nH]c2ccc([N+](=O)[O-])cc12. The predicted molar refractivity (Wildman–Crippen MR) is 66.6 cm³/mol. The number of nitro benzene ring substituents is 1. The van der Waals surface area contributed by atoms with Crippen LogP contribution in [-0.2, 0) is 0 Å². The molecule has 2 atom stereocenters. The van der Waals surface area contributed by atoms with Crippen molar-refractivity contribution in [3.8, 4) is 0 Å². The number of H-pyrrole nitrogens is 1. The number of ketones is 1. The van der Waals surface area contributed by atoms with E-state index in [-0.39, 0.29) is 17.4 Å². The molecule has 1 heterocycles. The Kier molecular flexibility index (Phi) is 2.23. The van der Waals surface area contributed by atoms with Crippen molar-refractivity contribution in [3.05, 3.63) is 40.1 Å². The highest BCUT2D eigenvalue weighted by atomic mass is 16.6. The predicted octanol–water partition coefficient (Wildman–Crippen LogP) is 2.91. The first-order valence-corrected chi connectivity index (χ1v) is 5.87. The molecule has 3 rings (SSSR count). The van der Waals surface area contributed by atoms with E-state index in [1.54, 1.807) is 12.3 Å². The maximum atomic E-state index is 12.2. The number of aromatic amines is 1. The number of carbonyl (C=O) groups is 1. The maximum Gasteiger partial charge on any atom is 0.270 e. The van der Waals surface area contributed by atoms with Crippen LogP contribution in [-0.4, -0.2) is 15.7 Å². The number of hydrogen-bond donors (Lipinski definition) is 1. The Morgan fingerprint density at radius 3 is 2.83 bits per heavy atom. The molecule has 18 heavy (non-hydrogen) atoms. The van der Waals surface area contributed by atoms with E-state index in [2.05, 4.69) is 4.98 Å². The number of carbonyl (C=O) groups excluding carboxylic acids is 1. The molecule has 1 aliphatic rings. The van der Waals surface area contributed by atoms with Gasteiger partial charge in [-0.25, -0.2) is 0 Å². The molecule has 0 spiro atoms. The third-order valence-corrected chi connectivity index (χ3v) is 3.59. The number of Topliss-reactive ketones (excluding diaryl/α,β-unsaturated/α-hetero) is 1. The molecular formula is C13H12N2O3. The first kappa shape index (κ1) is 11.0. The third kappa shape index (κ3) is 1.59. The molecule has 0 saturated heterocycles. The third-order valence-electron chi connectivity index (χ3n) is 3.59. The van der Waals surface area contributed by atoms with Gasteiger partial charge in [-0.2, -0.15) is 0 Å². The molecule has 92 valence electrons. The van der Waals surface area contributed by atoms with Crippen LogP contribution in [0.5, 0.6) is 0 Å². The lowest BCUT2D eigenvalue weighted by atomic mass is 10.0. The number of nitro groups is 1. The van der Waals surface area contributed by atoms with Crippen LogP contribution in [0.1, 0.15) is 23.7 Å². The molecule has 1 fully saturated rings. The number of aromatic nitrogens is 1. The van der Waals surface area contributed by atoms with Gasteiger partial charge in [-0.15, -0.1) is 0 Å². The van der Waals surface area contributed by atoms with Crippen molar-refractivity contribution < 1.29 is 9.72 Å². The first-order chi connectivity index (χ1) is 8.58. The van der Waals surface area contributed by atoms with Crippen LogP contribution in [0.3, 0.4) is 0 Å². The van der Waals surface area contributed by atoms with E-state index in [0.29, 0.717) is 16.9 Å². The second kappa shape index (κ2) is 3.66.